The van der Waals surface area contributed by atoms with Crippen LogP contribution in [0.3, 0.4) is 0 Å². The second-order valence-electron chi connectivity index (χ2n) is 8.40. The summed E-state index contributed by atoms with van der Waals surface area (Å²) in [5, 5.41) is 1.22. The second kappa shape index (κ2) is 7.36. The van der Waals surface area contributed by atoms with E-state index in [1.54, 1.807) is 0 Å². The van der Waals surface area contributed by atoms with Crippen molar-refractivity contribution in [3.05, 3.63) is 29.0 Å². The molecule has 5 heteroatoms. The zero-order chi connectivity index (χ0) is 18.2. The maximum absolute atomic E-state index is 6.16. The van der Waals surface area contributed by atoms with Gasteiger partial charge in [-0.05, 0) is 81.8 Å². The van der Waals surface area contributed by atoms with Crippen LogP contribution in [-0.2, 0) is 17.6 Å². The van der Waals surface area contributed by atoms with Gasteiger partial charge in [-0.15, -0.1) is 0 Å². The zero-order valence-corrected chi connectivity index (χ0v) is 16.4. The highest BCUT2D eigenvalue weighted by Gasteiger charge is 2.25. The van der Waals surface area contributed by atoms with Crippen molar-refractivity contribution >= 4 is 16.9 Å². The first kappa shape index (κ1) is 17.4. The number of nitrogens with zero attached hydrogens (tertiary/aromatic N) is 4. The smallest absolute Gasteiger partial charge is 0.226 e. The minimum atomic E-state index is 0.255. The molecule has 5 nitrogen and oxygen atoms in total. The van der Waals surface area contributed by atoms with Gasteiger partial charge in [0.1, 0.15) is 0 Å². The maximum atomic E-state index is 6.16. The normalized spacial score (nSPS) is 23.7. The van der Waals surface area contributed by atoms with E-state index in [9.17, 15) is 0 Å². The number of hydrogen-bond donors (Lipinski definition) is 0. The lowest BCUT2D eigenvalue weighted by Gasteiger charge is -2.27. The predicted molar refractivity (Wildman–Crippen MR) is 109 cm³/mol. The molecule has 0 N–H and O–H groups in total. The van der Waals surface area contributed by atoms with Crippen molar-refractivity contribution in [1.82, 2.24) is 14.9 Å². The number of aryl methyl sites for hydroxylation is 3. The van der Waals surface area contributed by atoms with Gasteiger partial charge < -0.3 is 14.5 Å². The molecule has 1 aromatic carbocycles. The minimum absolute atomic E-state index is 0.255. The monoisotopic (exact) mass is 366 g/mol. The van der Waals surface area contributed by atoms with E-state index in [4.69, 9.17) is 14.7 Å². The Morgan fingerprint density at radius 2 is 1.81 bits per heavy atom. The summed E-state index contributed by atoms with van der Waals surface area (Å²) in [5.74, 6) is 0.884. The van der Waals surface area contributed by atoms with Crippen molar-refractivity contribution in [3.8, 4) is 0 Å². The number of hydrogen-bond acceptors (Lipinski definition) is 5. The Bertz CT molecular complexity index is 831. The van der Waals surface area contributed by atoms with Crippen LogP contribution in [0.4, 0.5) is 5.95 Å². The van der Waals surface area contributed by atoms with Gasteiger partial charge in [-0.25, -0.2) is 9.97 Å². The lowest BCUT2D eigenvalue weighted by atomic mass is 10.1. The van der Waals surface area contributed by atoms with E-state index < -0.39 is 0 Å². The Hall–Kier alpha value is -1.72. The van der Waals surface area contributed by atoms with Gasteiger partial charge in [0.15, 0.2) is 0 Å². The first-order chi connectivity index (χ1) is 13.3. The molecule has 1 aliphatic carbocycles. The number of rotatable bonds is 3. The Labute approximate surface area is 161 Å². The van der Waals surface area contributed by atoms with Gasteiger partial charge in [0.25, 0.3) is 0 Å². The van der Waals surface area contributed by atoms with Gasteiger partial charge in [-0.1, -0.05) is 0 Å². The molecule has 2 saturated heterocycles. The average molecular weight is 367 g/mol. The van der Waals surface area contributed by atoms with Crippen LogP contribution in [0.15, 0.2) is 12.1 Å². The van der Waals surface area contributed by atoms with Crippen LogP contribution in [-0.4, -0.2) is 60.3 Å². The average Bonchev–Trinajstić information content (AvgIpc) is 3.28. The lowest BCUT2D eigenvalue weighted by Crippen LogP contribution is -2.40. The third kappa shape index (κ3) is 3.55. The highest BCUT2D eigenvalue weighted by atomic mass is 16.5. The maximum Gasteiger partial charge on any atom is 0.226 e. The van der Waals surface area contributed by atoms with Gasteiger partial charge in [0.05, 0.1) is 17.3 Å². The third-order valence-corrected chi connectivity index (χ3v) is 6.38. The molecule has 0 radical (unpaired) electrons. The van der Waals surface area contributed by atoms with Gasteiger partial charge in [0.2, 0.25) is 5.95 Å². The fraction of sp³-hybridized carbons (Fsp3) is 0.636. The molecule has 1 atom stereocenters. The molecular weight excluding hydrogens is 336 g/mol. The summed E-state index contributed by atoms with van der Waals surface area (Å²) in [5.41, 5.74) is 5.19. The molecule has 2 aromatic rings. The molecule has 1 aromatic heterocycles. The van der Waals surface area contributed by atoms with Crippen LogP contribution < -0.4 is 4.90 Å². The summed E-state index contributed by atoms with van der Waals surface area (Å²) < 4.78 is 6.16. The molecule has 0 unspecified atom stereocenters. The van der Waals surface area contributed by atoms with Crippen LogP contribution >= 0.6 is 0 Å². The van der Waals surface area contributed by atoms with Gasteiger partial charge in [0, 0.05) is 31.6 Å². The largest absolute Gasteiger partial charge is 0.375 e. The molecule has 144 valence electrons. The van der Waals surface area contributed by atoms with E-state index in [1.807, 2.05) is 0 Å². The lowest BCUT2D eigenvalue weighted by molar-refractivity contribution is 0.0450. The summed E-state index contributed by atoms with van der Waals surface area (Å²) in [6.45, 7) is 8.32. The molecule has 3 heterocycles. The van der Waals surface area contributed by atoms with Crippen molar-refractivity contribution in [2.24, 2.45) is 0 Å². The van der Waals surface area contributed by atoms with E-state index in [1.165, 1.54) is 61.7 Å². The quantitative estimate of drug-likeness (QED) is 0.835. The molecule has 2 aliphatic heterocycles. The van der Waals surface area contributed by atoms with E-state index in [2.05, 4.69) is 28.9 Å². The number of anilines is 1. The second-order valence-corrected chi connectivity index (χ2v) is 8.40. The summed E-state index contributed by atoms with van der Waals surface area (Å²) >= 11 is 0. The molecular formula is C22H30N4O. The Morgan fingerprint density at radius 3 is 2.67 bits per heavy atom. The van der Waals surface area contributed by atoms with Crippen LogP contribution in [0.5, 0.6) is 0 Å². The highest BCUT2D eigenvalue weighted by Crippen LogP contribution is 2.29. The molecule has 2 fully saturated rings. The van der Waals surface area contributed by atoms with Crippen molar-refractivity contribution < 1.29 is 4.74 Å². The van der Waals surface area contributed by atoms with Crippen molar-refractivity contribution in [2.45, 2.75) is 51.6 Å². The fourth-order valence-electron chi connectivity index (χ4n) is 4.92. The Kier molecular flexibility index (Phi) is 4.74. The number of fused-ring (bicyclic) bond motifs is 2. The predicted octanol–water partition coefficient (Wildman–Crippen LogP) is 3.12. The van der Waals surface area contributed by atoms with Gasteiger partial charge in [-0.3, -0.25) is 0 Å². The zero-order valence-electron chi connectivity index (χ0n) is 16.4. The van der Waals surface area contributed by atoms with E-state index in [-0.39, 0.29) is 6.10 Å². The van der Waals surface area contributed by atoms with E-state index >= 15 is 0 Å². The first-order valence-corrected chi connectivity index (χ1v) is 10.7. The third-order valence-electron chi connectivity index (χ3n) is 6.38. The molecule has 27 heavy (non-hydrogen) atoms. The summed E-state index contributed by atoms with van der Waals surface area (Å²) in [6.07, 6.45) is 7.62. The molecule has 0 bridgehead atoms. The van der Waals surface area contributed by atoms with Crippen molar-refractivity contribution in [2.75, 3.05) is 44.2 Å². The Morgan fingerprint density at radius 1 is 1.00 bits per heavy atom. The van der Waals surface area contributed by atoms with Crippen molar-refractivity contribution in [1.29, 1.82) is 0 Å². The molecule has 0 saturated carbocycles. The Balaban J connectivity index is 1.41. The number of likely N-dealkylation sites (tertiary alicyclic amines) is 1. The summed E-state index contributed by atoms with van der Waals surface area (Å²) in [6, 6.07) is 4.64. The van der Waals surface area contributed by atoms with Crippen LogP contribution in [0.2, 0.25) is 0 Å². The van der Waals surface area contributed by atoms with Crippen molar-refractivity contribution in [3.63, 3.8) is 0 Å². The SMILES string of the molecule is Cc1nc(N2CCCO[C@@H](CN3CCCC3)C2)nc2cc3c(cc12)CCC3. The minimum Gasteiger partial charge on any atom is -0.375 e. The molecule has 3 aliphatic rings. The highest BCUT2D eigenvalue weighted by molar-refractivity contribution is 5.84. The first-order valence-electron chi connectivity index (χ1n) is 10.7. The molecule has 5 rings (SSSR count). The fourth-order valence-corrected chi connectivity index (χ4v) is 4.92. The van der Waals surface area contributed by atoms with Gasteiger partial charge >= 0.3 is 0 Å². The molecule has 0 spiro atoms. The summed E-state index contributed by atoms with van der Waals surface area (Å²) in [7, 11) is 0. The number of ether oxygens (including phenoxy) is 1. The topological polar surface area (TPSA) is 41.5 Å². The number of benzene rings is 1. The van der Waals surface area contributed by atoms with Gasteiger partial charge in [-0.2, -0.15) is 0 Å². The van der Waals surface area contributed by atoms with Crippen LogP contribution in [0.25, 0.3) is 10.9 Å². The molecule has 0 amide bonds. The van der Waals surface area contributed by atoms with Crippen LogP contribution in [0, 0.1) is 6.92 Å². The van der Waals surface area contributed by atoms with Crippen LogP contribution in [0.1, 0.15) is 42.5 Å². The summed E-state index contributed by atoms with van der Waals surface area (Å²) in [4.78, 5) is 14.8. The standard InChI is InChI=1S/C22H30N4O/c1-16-20-12-17-6-4-7-18(17)13-21(20)24-22(23-16)26-10-5-11-27-19(15-26)14-25-8-2-3-9-25/h12-13,19H,2-11,14-15H2,1H3/t19-/m0/s1. The van der Waals surface area contributed by atoms with E-state index in [0.29, 0.717) is 0 Å². The number of aromatic nitrogens is 2. The van der Waals surface area contributed by atoms with E-state index in [0.717, 1.165) is 49.8 Å².